The number of carboxylic acid groups (broad SMARTS) is 2. The lowest BCUT2D eigenvalue weighted by Gasteiger charge is -2.13. The van der Waals surface area contributed by atoms with Crippen LogP contribution in [0.1, 0.15) is 23.2 Å². The van der Waals surface area contributed by atoms with Crippen LogP contribution in [-0.2, 0) is 9.59 Å². The summed E-state index contributed by atoms with van der Waals surface area (Å²) in [6.07, 6.45) is -0.524. The van der Waals surface area contributed by atoms with Crippen LogP contribution in [0.15, 0.2) is 24.3 Å². The van der Waals surface area contributed by atoms with E-state index in [9.17, 15) is 14.4 Å². The van der Waals surface area contributed by atoms with E-state index in [4.69, 9.17) is 21.8 Å². The van der Waals surface area contributed by atoms with Gasteiger partial charge >= 0.3 is 11.9 Å². The Morgan fingerprint density at radius 3 is 2.47 bits per heavy atom. The minimum Gasteiger partial charge on any atom is -0.481 e. The van der Waals surface area contributed by atoms with Gasteiger partial charge in [-0.2, -0.15) is 0 Å². The van der Waals surface area contributed by atoms with E-state index in [0.717, 1.165) is 0 Å². The lowest BCUT2D eigenvalue weighted by atomic mass is 10.1. The van der Waals surface area contributed by atoms with Crippen LogP contribution in [-0.4, -0.2) is 34.1 Å². The number of hydrogen-bond donors (Lipinski definition) is 3. The number of hydrogen-bond acceptors (Lipinski definition) is 3. The highest BCUT2D eigenvalue weighted by atomic mass is 35.5. The molecule has 7 heteroatoms. The third-order valence-electron chi connectivity index (χ3n) is 2.34. The summed E-state index contributed by atoms with van der Waals surface area (Å²) in [4.78, 5) is 33.1. The maximum Gasteiger partial charge on any atom is 0.326 e. The Labute approximate surface area is 114 Å². The highest BCUT2D eigenvalue weighted by Gasteiger charge is 2.21. The van der Waals surface area contributed by atoms with E-state index in [-0.39, 0.29) is 18.4 Å². The molecule has 1 aromatic rings. The zero-order valence-corrected chi connectivity index (χ0v) is 10.6. The summed E-state index contributed by atoms with van der Waals surface area (Å²) in [7, 11) is 0. The number of benzene rings is 1. The second-order valence-corrected chi connectivity index (χ2v) is 4.24. The number of carboxylic acids is 2. The van der Waals surface area contributed by atoms with Crippen molar-refractivity contribution in [2.24, 2.45) is 0 Å². The first-order valence-corrected chi connectivity index (χ1v) is 5.79. The van der Waals surface area contributed by atoms with E-state index in [0.29, 0.717) is 5.02 Å². The highest BCUT2D eigenvalue weighted by molar-refractivity contribution is 6.30. The Hall–Kier alpha value is -2.08. The Morgan fingerprint density at radius 2 is 1.95 bits per heavy atom. The van der Waals surface area contributed by atoms with Gasteiger partial charge in [0.15, 0.2) is 0 Å². The molecule has 0 fully saturated rings. The fraction of sp³-hybridized carbons (Fsp3) is 0.250. The number of halogens is 1. The first kappa shape index (κ1) is 15.0. The van der Waals surface area contributed by atoms with E-state index >= 15 is 0 Å². The Kier molecular flexibility index (Phi) is 5.32. The van der Waals surface area contributed by atoms with Crippen LogP contribution in [0.3, 0.4) is 0 Å². The zero-order valence-electron chi connectivity index (χ0n) is 9.80. The SMILES string of the molecule is O=C(O)CC[C@H](NC(=O)c1cccc(Cl)c1)C(=O)O. The average Bonchev–Trinajstić information content (AvgIpc) is 2.33. The molecule has 0 saturated heterocycles. The van der Waals surface area contributed by atoms with E-state index in [1.807, 2.05) is 0 Å². The van der Waals surface area contributed by atoms with E-state index in [1.165, 1.54) is 12.1 Å². The largest absolute Gasteiger partial charge is 0.481 e. The van der Waals surface area contributed by atoms with Crippen LogP contribution in [0.25, 0.3) is 0 Å². The van der Waals surface area contributed by atoms with E-state index in [2.05, 4.69) is 5.32 Å². The topological polar surface area (TPSA) is 104 Å². The van der Waals surface area contributed by atoms with Crippen molar-refractivity contribution in [3.8, 4) is 0 Å². The van der Waals surface area contributed by atoms with Gasteiger partial charge in [-0.3, -0.25) is 9.59 Å². The summed E-state index contributed by atoms with van der Waals surface area (Å²) in [6.45, 7) is 0. The first-order chi connectivity index (χ1) is 8.90. The number of nitrogens with one attached hydrogen (secondary N) is 1. The van der Waals surface area contributed by atoms with Crippen LogP contribution in [0.5, 0.6) is 0 Å². The van der Waals surface area contributed by atoms with Gasteiger partial charge in [-0.25, -0.2) is 4.79 Å². The maximum atomic E-state index is 11.8. The predicted octanol–water partition coefficient (Wildman–Crippen LogP) is 1.39. The molecule has 0 bridgehead atoms. The van der Waals surface area contributed by atoms with Crippen molar-refractivity contribution in [3.05, 3.63) is 34.9 Å². The van der Waals surface area contributed by atoms with Crippen molar-refractivity contribution in [1.82, 2.24) is 5.32 Å². The Balaban J connectivity index is 2.71. The Bertz CT molecular complexity index is 503. The summed E-state index contributed by atoms with van der Waals surface area (Å²) in [5.41, 5.74) is 0.217. The van der Waals surface area contributed by atoms with Gasteiger partial charge in [0, 0.05) is 17.0 Å². The number of aliphatic carboxylic acids is 2. The van der Waals surface area contributed by atoms with E-state index in [1.54, 1.807) is 12.1 Å². The molecule has 1 atom stereocenters. The first-order valence-electron chi connectivity index (χ1n) is 5.41. The molecule has 0 radical (unpaired) electrons. The molecule has 3 N–H and O–H groups in total. The second kappa shape index (κ2) is 6.75. The van der Waals surface area contributed by atoms with E-state index < -0.39 is 23.9 Å². The minimum atomic E-state index is -1.28. The van der Waals surface area contributed by atoms with Crippen LogP contribution >= 0.6 is 11.6 Å². The van der Waals surface area contributed by atoms with Crippen LogP contribution in [0.4, 0.5) is 0 Å². The molecule has 0 aliphatic rings. The van der Waals surface area contributed by atoms with Crippen LogP contribution in [0, 0.1) is 0 Å². The van der Waals surface area contributed by atoms with Gasteiger partial charge in [0.1, 0.15) is 6.04 Å². The molecule has 6 nitrogen and oxygen atoms in total. The van der Waals surface area contributed by atoms with Gasteiger partial charge < -0.3 is 15.5 Å². The molecule has 0 aromatic heterocycles. The molecule has 0 unspecified atom stereocenters. The van der Waals surface area contributed by atoms with Crippen molar-refractivity contribution in [2.45, 2.75) is 18.9 Å². The fourth-order valence-electron chi connectivity index (χ4n) is 1.40. The van der Waals surface area contributed by atoms with Gasteiger partial charge in [-0.1, -0.05) is 17.7 Å². The predicted molar refractivity (Wildman–Crippen MR) is 67.2 cm³/mol. The molecule has 0 spiro atoms. The maximum absolute atomic E-state index is 11.8. The van der Waals surface area contributed by atoms with Gasteiger partial charge in [0.25, 0.3) is 5.91 Å². The highest BCUT2D eigenvalue weighted by Crippen LogP contribution is 2.11. The molecule has 0 heterocycles. The Morgan fingerprint density at radius 1 is 1.26 bits per heavy atom. The second-order valence-electron chi connectivity index (χ2n) is 3.81. The zero-order chi connectivity index (χ0) is 14.4. The van der Waals surface area contributed by atoms with Crippen LogP contribution < -0.4 is 5.32 Å². The van der Waals surface area contributed by atoms with Crippen molar-refractivity contribution in [3.63, 3.8) is 0 Å². The lowest BCUT2D eigenvalue weighted by Crippen LogP contribution is -2.41. The standard InChI is InChI=1S/C12H12ClNO5/c13-8-3-1-2-7(6-8)11(17)14-9(12(18)19)4-5-10(15)16/h1-3,6,9H,4-5H2,(H,14,17)(H,15,16)(H,18,19)/t9-/m0/s1. The molecule has 102 valence electrons. The van der Waals surface area contributed by atoms with Crippen LogP contribution in [0.2, 0.25) is 5.02 Å². The molecule has 0 saturated carbocycles. The van der Waals surface area contributed by atoms with Crippen molar-refractivity contribution < 1.29 is 24.6 Å². The number of carbonyl (C=O) groups is 3. The lowest BCUT2D eigenvalue weighted by molar-refractivity contribution is -0.140. The van der Waals surface area contributed by atoms with Gasteiger partial charge in [-0.15, -0.1) is 0 Å². The summed E-state index contributed by atoms with van der Waals surface area (Å²) in [6, 6.07) is 4.77. The molecule has 1 aromatic carbocycles. The summed E-state index contributed by atoms with van der Waals surface area (Å²) >= 11 is 5.72. The van der Waals surface area contributed by atoms with Crippen molar-refractivity contribution >= 4 is 29.4 Å². The summed E-state index contributed by atoms with van der Waals surface area (Å²) in [5, 5.41) is 20.0. The van der Waals surface area contributed by atoms with Crippen molar-refractivity contribution in [2.75, 3.05) is 0 Å². The molecule has 0 aliphatic carbocycles. The molecular weight excluding hydrogens is 274 g/mol. The molecule has 1 amide bonds. The molecular formula is C12H12ClNO5. The number of carbonyl (C=O) groups excluding carboxylic acids is 1. The quantitative estimate of drug-likeness (QED) is 0.733. The van der Waals surface area contributed by atoms with Gasteiger partial charge in [0.2, 0.25) is 0 Å². The molecule has 1 rings (SSSR count). The normalized spacial score (nSPS) is 11.6. The van der Waals surface area contributed by atoms with Gasteiger partial charge in [-0.05, 0) is 24.6 Å². The summed E-state index contributed by atoms with van der Waals surface area (Å²) in [5.74, 6) is -3.01. The number of amides is 1. The third-order valence-corrected chi connectivity index (χ3v) is 2.57. The minimum absolute atomic E-state index is 0.184. The van der Waals surface area contributed by atoms with Crippen molar-refractivity contribution in [1.29, 1.82) is 0 Å². The fourth-order valence-corrected chi connectivity index (χ4v) is 1.59. The number of rotatable bonds is 6. The third kappa shape index (κ3) is 4.97. The van der Waals surface area contributed by atoms with Gasteiger partial charge in [0.05, 0.1) is 0 Å². The monoisotopic (exact) mass is 285 g/mol. The molecule has 0 aliphatic heterocycles. The average molecular weight is 286 g/mol. The smallest absolute Gasteiger partial charge is 0.326 e. The molecule has 19 heavy (non-hydrogen) atoms. The summed E-state index contributed by atoms with van der Waals surface area (Å²) < 4.78 is 0.